The number of benzene rings is 2. The molecule has 3 rings (SSSR count). The van der Waals surface area contributed by atoms with E-state index >= 15 is 0 Å². The molecule has 2 N–H and O–H groups in total. The minimum absolute atomic E-state index is 0.0317. The molecular formula is C22H30NO3+. The van der Waals surface area contributed by atoms with Crippen LogP contribution in [0.15, 0.2) is 48.5 Å². The maximum Gasteiger partial charge on any atom is 0.166 e. The Morgan fingerprint density at radius 3 is 1.85 bits per heavy atom. The summed E-state index contributed by atoms with van der Waals surface area (Å²) in [5, 5.41) is 2.27. The molecule has 1 fully saturated rings. The molecule has 1 heterocycles. The summed E-state index contributed by atoms with van der Waals surface area (Å²) in [6.45, 7) is 7.67. The van der Waals surface area contributed by atoms with Gasteiger partial charge in [-0.25, -0.2) is 0 Å². The van der Waals surface area contributed by atoms with E-state index in [0.717, 1.165) is 18.0 Å². The first-order chi connectivity index (χ1) is 12.5. The lowest BCUT2D eigenvalue weighted by molar-refractivity contribution is -0.505. The van der Waals surface area contributed by atoms with Crippen molar-refractivity contribution in [3.63, 3.8) is 0 Å². The van der Waals surface area contributed by atoms with Crippen LogP contribution in [0.4, 0.5) is 0 Å². The molecule has 0 amide bonds. The third-order valence-corrected chi connectivity index (χ3v) is 5.37. The van der Waals surface area contributed by atoms with Gasteiger partial charge in [0, 0.05) is 12.5 Å². The van der Waals surface area contributed by atoms with Crippen LogP contribution < -0.4 is 14.8 Å². The number of hydrogen-bond acceptors (Lipinski definition) is 3. The van der Waals surface area contributed by atoms with E-state index < -0.39 is 0 Å². The van der Waals surface area contributed by atoms with Crippen molar-refractivity contribution >= 4 is 0 Å². The fourth-order valence-electron chi connectivity index (χ4n) is 3.47. The molecule has 1 aliphatic rings. The van der Waals surface area contributed by atoms with Crippen LogP contribution in [0.3, 0.4) is 0 Å². The van der Waals surface area contributed by atoms with E-state index in [-0.39, 0.29) is 17.6 Å². The highest BCUT2D eigenvalue weighted by Crippen LogP contribution is 2.33. The van der Waals surface area contributed by atoms with Gasteiger partial charge in [0.05, 0.1) is 7.11 Å². The SMILES string of the molecule is COc1ccc(C(C)(C)c2ccc(OC(C)C(OC)C3C[NH2+]3)cc2)cc1. The predicted octanol–water partition coefficient (Wildman–Crippen LogP) is 2.75. The molecular weight excluding hydrogens is 326 g/mol. The highest BCUT2D eigenvalue weighted by atomic mass is 16.5. The second-order valence-electron chi connectivity index (χ2n) is 7.54. The van der Waals surface area contributed by atoms with Gasteiger partial charge in [-0.15, -0.1) is 0 Å². The lowest BCUT2D eigenvalue weighted by atomic mass is 9.78. The third kappa shape index (κ3) is 4.02. The van der Waals surface area contributed by atoms with Crippen LogP contribution in [0.25, 0.3) is 0 Å². The number of rotatable bonds is 8. The van der Waals surface area contributed by atoms with Crippen molar-refractivity contribution in [2.24, 2.45) is 0 Å². The zero-order valence-corrected chi connectivity index (χ0v) is 16.4. The van der Waals surface area contributed by atoms with Crippen LogP contribution in [0.1, 0.15) is 31.9 Å². The Morgan fingerprint density at radius 2 is 1.42 bits per heavy atom. The molecule has 4 heteroatoms. The fourth-order valence-corrected chi connectivity index (χ4v) is 3.47. The van der Waals surface area contributed by atoms with E-state index in [1.807, 2.05) is 12.1 Å². The van der Waals surface area contributed by atoms with Gasteiger partial charge < -0.3 is 19.5 Å². The summed E-state index contributed by atoms with van der Waals surface area (Å²) in [5.74, 6) is 1.76. The van der Waals surface area contributed by atoms with E-state index in [4.69, 9.17) is 14.2 Å². The van der Waals surface area contributed by atoms with Crippen molar-refractivity contribution in [1.29, 1.82) is 0 Å². The summed E-state index contributed by atoms with van der Waals surface area (Å²) < 4.78 is 17.0. The maximum absolute atomic E-state index is 6.11. The molecule has 2 aromatic rings. The number of ether oxygens (including phenoxy) is 3. The molecule has 0 saturated carbocycles. The van der Waals surface area contributed by atoms with Gasteiger partial charge in [-0.3, -0.25) is 0 Å². The first kappa shape index (κ1) is 18.7. The van der Waals surface area contributed by atoms with Gasteiger partial charge >= 0.3 is 0 Å². The molecule has 1 saturated heterocycles. The van der Waals surface area contributed by atoms with E-state index in [2.05, 4.69) is 62.5 Å². The van der Waals surface area contributed by atoms with Crippen molar-refractivity contribution < 1.29 is 19.5 Å². The second-order valence-corrected chi connectivity index (χ2v) is 7.54. The van der Waals surface area contributed by atoms with Crippen LogP contribution in [0.5, 0.6) is 11.5 Å². The standard InChI is InChI=1S/C22H29NO3/c1-15(21(25-5)20-14-23-20)26-19-12-8-17(9-13-19)22(2,3)16-6-10-18(24-4)11-7-16/h6-13,15,20-21,23H,14H2,1-5H3/p+1. The van der Waals surface area contributed by atoms with Crippen molar-refractivity contribution in [3.8, 4) is 11.5 Å². The summed E-state index contributed by atoms with van der Waals surface area (Å²) in [6, 6.07) is 17.2. The molecule has 0 bridgehead atoms. The minimum atomic E-state index is -0.0888. The highest BCUT2D eigenvalue weighted by Gasteiger charge is 2.41. The Kier molecular flexibility index (Phi) is 5.54. The summed E-state index contributed by atoms with van der Waals surface area (Å²) in [7, 11) is 3.45. The molecule has 1 aliphatic heterocycles. The van der Waals surface area contributed by atoms with Crippen molar-refractivity contribution in [1.82, 2.24) is 0 Å². The van der Waals surface area contributed by atoms with Gasteiger partial charge in [-0.2, -0.15) is 0 Å². The Morgan fingerprint density at radius 1 is 0.923 bits per heavy atom. The Bertz CT molecular complexity index is 705. The van der Waals surface area contributed by atoms with Crippen LogP contribution >= 0.6 is 0 Å². The van der Waals surface area contributed by atoms with E-state index in [9.17, 15) is 0 Å². The zero-order valence-electron chi connectivity index (χ0n) is 16.4. The zero-order chi connectivity index (χ0) is 18.7. The smallest absolute Gasteiger partial charge is 0.166 e. The molecule has 2 aromatic carbocycles. The fraction of sp³-hybridized carbons (Fsp3) is 0.455. The average molecular weight is 356 g/mol. The molecule has 26 heavy (non-hydrogen) atoms. The van der Waals surface area contributed by atoms with Crippen LogP contribution in [0.2, 0.25) is 0 Å². The normalized spacial score (nSPS) is 18.9. The number of quaternary nitrogens is 1. The Hall–Kier alpha value is -2.04. The second kappa shape index (κ2) is 7.68. The first-order valence-corrected chi connectivity index (χ1v) is 9.23. The molecule has 4 nitrogen and oxygen atoms in total. The molecule has 140 valence electrons. The molecule has 3 atom stereocenters. The summed E-state index contributed by atoms with van der Waals surface area (Å²) in [6.07, 6.45) is 0.162. The molecule has 0 spiro atoms. The van der Waals surface area contributed by atoms with Gasteiger partial charge in [-0.05, 0) is 42.3 Å². The number of methoxy groups -OCH3 is 2. The monoisotopic (exact) mass is 356 g/mol. The van der Waals surface area contributed by atoms with Crippen molar-refractivity contribution in [2.45, 2.75) is 44.4 Å². The van der Waals surface area contributed by atoms with E-state index in [1.54, 1.807) is 14.2 Å². The highest BCUT2D eigenvalue weighted by molar-refractivity contribution is 5.41. The van der Waals surface area contributed by atoms with Crippen molar-refractivity contribution in [2.75, 3.05) is 20.8 Å². The average Bonchev–Trinajstić information content (AvgIpc) is 3.48. The maximum atomic E-state index is 6.11. The Balaban J connectivity index is 1.71. The quantitative estimate of drug-likeness (QED) is 0.740. The van der Waals surface area contributed by atoms with Crippen LogP contribution in [0, 0.1) is 0 Å². The molecule has 3 unspecified atom stereocenters. The van der Waals surface area contributed by atoms with Gasteiger partial charge in [0.25, 0.3) is 0 Å². The van der Waals surface area contributed by atoms with Gasteiger partial charge in [0.1, 0.15) is 24.1 Å². The molecule has 0 radical (unpaired) electrons. The molecule has 0 aliphatic carbocycles. The van der Waals surface area contributed by atoms with Gasteiger partial charge in [-0.1, -0.05) is 38.1 Å². The molecule has 0 aromatic heterocycles. The predicted molar refractivity (Wildman–Crippen MR) is 103 cm³/mol. The van der Waals surface area contributed by atoms with Crippen molar-refractivity contribution in [3.05, 3.63) is 59.7 Å². The summed E-state index contributed by atoms with van der Waals surface area (Å²) >= 11 is 0. The van der Waals surface area contributed by atoms with Crippen LogP contribution in [-0.2, 0) is 10.2 Å². The number of hydrogen-bond donors (Lipinski definition) is 1. The largest absolute Gasteiger partial charge is 0.497 e. The summed E-state index contributed by atoms with van der Waals surface area (Å²) in [5.41, 5.74) is 2.42. The minimum Gasteiger partial charge on any atom is -0.497 e. The van der Waals surface area contributed by atoms with Gasteiger partial charge in [0.2, 0.25) is 0 Å². The number of nitrogens with two attached hydrogens (primary N) is 1. The lowest BCUT2D eigenvalue weighted by Crippen LogP contribution is -2.64. The topological polar surface area (TPSA) is 44.3 Å². The third-order valence-electron chi connectivity index (χ3n) is 5.37. The first-order valence-electron chi connectivity index (χ1n) is 9.23. The van der Waals surface area contributed by atoms with E-state index in [1.165, 1.54) is 11.1 Å². The Labute approximate surface area is 156 Å². The lowest BCUT2D eigenvalue weighted by Gasteiger charge is -2.27. The van der Waals surface area contributed by atoms with Crippen LogP contribution in [-0.4, -0.2) is 39.0 Å². The van der Waals surface area contributed by atoms with Gasteiger partial charge in [0.15, 0.2) is 12.1 Å². The van der Waals surface area contributed by atoms with E-state index in [0.29, 0.717) is 6.04 Å². The summed E-state index contributed by atoms with van der Waals surface area (Å²) in [4.78, 5) is 0.